The molecule has 0 aliphatic carbocycles. The van der Waals surface area contributed by atoms with E-state index in [2.05, 4.69) is 10.4 Å². The molecule has 0 atom stereocenters. The fraction of sp³-hybridized carbons (Fsp3) is 0.292. The van der Waals surface area contributed by atoms with E-state index >= 15 is 0 Å². The van der Waals surface area contributed by atoms with Gasteiger partial charge in [-0.25, -0.2) is 5.01 Å². The number of rotatable bonds is 10. The quantitative estimate of drug-likeness (QED) is 0.456. The third kappa shape index (κ3) is 6.87. The van der Waals surface area contributed by atoms with Gasteiger partial charge in [-0.15, -0.1) is 0 Å². The first kappa shape index (κ1) is 22.9. The number of esters is 1. The molecule has 166 valence electrons. The number of Topliss-reactive ketones (excluding diaryl/α,β-unsaturated/α-hetero) is 1. The summed E-state index contributed by atoms with van der Waals surface area (Å²) < 4.78 is 4.99. The molecule has 0 fully saturated rings. The van der Waals surface area contributed by atoms with Crippen molar-refractivity contribution < 1.29 is 23.9 Å². The molecular formula is C24H25N3O5. The maximum Gasteiger partial charge on any atom is 0.308 e. The number of ether oxygens (including phenoxy) is 1. The van der Waals surface area contributed by atoms with Gasteiger partial charge in [0.15, 0.2) is 12.4 Å². The lowest BCUT2D eigenvalue weighted by Crippen LogP contribution is -2.30. The predicted molar refractivity (Wildman–Crippen MR) is 118 cm³/mol. The Hall–Kier alpha value is -3.81. The highest BCUT2D eigenvalue weighted by Gasteiger charge is 2.22. The fourth-order valence-corrected chi connectivity index (χ4v) is 3.15. The van der Waals surface area contributed by atoms with Crippen molar-refractivity contribution in [3.63, 3.8) is 0 Å². The summed E-state index contributed by atoms with van der Waals surface area (Å²) in [5.74, 6) is -1.42. The lowest BCUT2D eigenvalue weighted by molar-refractivity contribution is -0.151. The van der Waals surface area contributed by atoms with Gasteiger partial charge in [0.2, 0.25) is 5.91 Å². The van der Waals surface area contributed by atoms with E-state index in [1.165, 1.54) is 5.01 Å². The first-order valence-electron chi connectivity index (χ1n) is 10.5. The average Bonchev–Trinajstić information content (AvgIpc) is 3.33. The van der Waals surface area contributed by atoms with E-state index in [0.29, 0.717) is 18.5 Å². The summed E-state index contributed by atoms with van der Waals surface area (Å²) in [6, 6.07) is 18.3. The molecule has 1 heterocycles. The molecule has 0 radical (unpaired) electrons. The van der Waals surface area contributed by atoms with Gasteiger partial charge in [-0.05, 0) is 5.56 Å². The molecule has 0 aromatic heterocycles. The van der Waals surface area contributed by atoms with Crippen LogP contribution < -0.4 is 5.32 Å². The van der Waals surface area contributed by atoms with Gasteiger partial charge in [0.1, 0.15) is 0 Å². The topological polar surface area (TPSA) is 105 Å². The second kappa shape index (κ2) is 11.5. The molecule has 0 bridgehead atoms. The van der Waals surface area contributed by atoms with Crippen LogP contribution in [0, 0.1) is 0 Å². The molecule has 1 aliphatic rings. The number of nitrogens with one attached hydrogen (secondary N) is 1. The van der Waals surface area contributed by atoms with Crippen LogP contribution in [0.2, 0.25) is 0 Å². The maximum absolute atomic E-state index is 12.2. The highest BCUT2D eigenvalue weighted by molar-refractivity contribution is 6.02. The van der Waals surface area contributed by atoms with Crippen LogP contribution in [0.4, 0.5) is 0 Å². The third-order valence-corrected chi connectivity index (χ3v) is 4.88. The molecule has 8 heteroatoms. The lowest BCUT2D eigenvalue weighted by Gasteiger charge is -2.11. The summed E-state index contributed by atoms with van der Waals surface area (Å²) in [5.41, 5.74) is 2.34. The molecule has 8 nitrogen and oxygen atoms in total. The Kier molecular flexibility index (Phi) is 8.25. The summed E-state index contributed by atoms with van der Waals surface area (Å²) in [6.07, 6.45) is 0.709. The number of hydrogen-bond acceptors (Lipinski definition) is 6. The Balaban J connectivity index is 1.30. The first-order valence-corrected chi connectivity index (χ1v) is 10.5. The SMILES string of the molecule is O=C(CCC(=O)c1ccccc1)NCCC(=O)OCC(=O)N1CCC(c2ccccc2)=N1. The van der Waals surface area contributed by atoms with Crippen molar-refractivity contribution in [2.45, 2.75) is 25.7 Å². The minimum absolute atomic E-state index is 0.0397. The van der Waals surface area contributed by atoms with E-state index in [0.717, 1.165) is 11.3 Å². The van der Waals surface area contributed by atoms with Crippen LogP contribution in [-0.4, -0.2) is 54.0 Å². The highest BCUT2D eigenvalue weighted by atomic mass is 16.5. The lowest BCUT2D eigenvalue weighted by atomic mass is 10.1. The van der Waals surface area contributed by atoms with Gasteiger partial charge in [-0.1, -0.05) is 60.7 Å². The molecule has 2 amide bonds. The molecule has 0 saturated heterocycles. The van der Waals surface area contributed by atoms with E-state index in [1.54, 1.807) is 24.3 Å². The summed E-state index contributed by atoms with van der Waals surface area (Å²) >= 11 is 0. The number of ketones is 1. The van der Waals surface area contributed by atoms with Gasteiger partial charge in [-0.3, -0.25) is 19.2 Å². The van der Waals surface area contributed by atoms with Crippen LogP contribution in [-0.2, 0) is 19.1 Å². The van der Waals surface area contributed by atoms with Crippen molar-refractivity contribution in [2.75, 3.05) is 19.7 Å². The molecule has 0 spiro atoms. The summed E-state index contributed by atoms with van der Waals surface area (Å²) in [4.78, 5) is 47.9. The van der Waals surface area contributed by atoms with Gasteiger partial charge >= 0.3 is 5.97 Å². The Morgan fingerprint density at radius 2 is 1.59 bits per heavy atom. The van der Waals surface area contributed by atoms with E-state index in [1.807, 2.05) is 36.4 Å². The van der Waals surface area contributed by atoms with Crippen LogP contribution in [0.3, 0.4) is 0 Å². The second-order valence-corrected chi connectivity index (χ2v) is 7.23. The van der Waals surface area contributed by atoms with Gasteiger partial charge < -0.3 is 10.1 Å². The Morgan fingerprint density at radius 1 is 0.906 bits per heavy atom. The number of hydrazone groups is 1. The minimum Gasteiger partial charge on any atom is -0.455 e. The number of carbonyl (C=O) groups excluding carboxylic acids is 4. The smallest absolute Gasteiger partial charge is 0.308 e. The van der Waals surface area contributed by atoms with Crippen molar-refractivity contribution in [3.05, 3.63) is 71.8 Å². The molecule has 0 saturated carbocycles. The minimum atomic E-state index is -0.592. The van der Waals surface area contributed by atoms with Gasteiger partial charge in [0, 0.05) is 31.4 Å². The van der Waals surface area contributed by atoms with Crippen LogP contribution in [0.5, 0.6) is 0 Å². The second-order valence-electron chi connectivity index (χ2n) is 7.23. The fourth-order valence-electron chi connectivity index (χ4n) is 3.15. The molecular weight excluding hydrogens is 410 g/mol. The molecule has 32 heavy (non-hydrogen) atoms. The summed E-state index contributed by atoms with van der Waals surface area (Å²) in [6.45, 7) is 0.119. The van der Waals surface area contributed by atoms with Crippen molar-refractivity contribution >= 4 is 29.3 Å². The molecule has 1 N–H and O–H groups in total. The van der Waals surface area contributed by atoms with Crippen LogP contribution >= 0.6 is 0 Å². The Bertz CT molecular complexity index is 989. The number of nitrogens with zero attached hydrogens (tertiary/aromatic N) is 2. The molecule has 1 aliphatic heterocycles. The number of amides is 2. The normalized spacial score (nSPS) is 12.8. The molecule has 2 aromatic rings. The van der Waals surface area contributed by atoms with E-state index < -0.39 is 18.5 Å². The molecule has 3 rings (SSSR count). The van der Waals surface area contributed by atoms with Crippen molar-refractivity contribution in [1.29, 1.82) is 0 Å². The monoisotopic (exact) mass is 435 g/mol. The van der Waals surface area contributed by atoms with E-state index in [-0.39, 0.29) is 37.5 Å². The van der Waals surface area contributed by atoms with Crippen molar-refractivity contribution in [1.82, 2.24) is 10.3 Å². The van der Waals surface area contributed by atoms with Gasteiger partial charge in [0.05, 0.1) is 18.7 Å². The van der Waals surface area contributed by atoms with Gasteiger partial charge in [-0.2, -0.15) is 5.10 Å². The number of carbonyl (C=O) groups is 4. The van der Waals surface area contributed by atoms with Crippen LogP contribution in [0.1, 0.15) is 41.6 Å². The summed E-state index contributed by atoms with van der Waals surface area (Å²) in [7, 11) is 0. The Morgan fingerprint density at radius 3 is 2.31 bits per heavy atom. The van der Waals surface area contributed by atoms with E-state index in [9.17, 15) is 19.2 Å². The first-order chi connectivity index (χ1) is 15.5. The van der Waals surface area contributed by atoms with E-state index in [4.69, 9.17) is 4.74 Å². The average molecular weight is 435 g/mol. The van der Waals surface area contributed by atoms with Crippen LogP contribution in [0.25, 0.3) is 0 Å². The van der Waals surface area contributed by atoms with Gasteiger partial charge in [0.25, 0.3) is 5.91 Å². The predicted octanol–water partition coefficient (Wildman–Crippen LogP) is 2.34. The highest BCUT2D eigenvalue weighted by Crippen LogP contribution is 2.13. The Labute approximate surface area is 186 Å². The number of hydrogen-bond donors (Lipinski definition) is 1. The van der Waals surface area contributed by atoms with Crippen molar-refractivity contribution in [3.8, 4) is 0 Å². The largest absolute Gasteiger partial charge is 0.455 e. The zero-order valence-corrected chi connectivity index (χ0v) is 17.7. The van der Waals surface area contributed by atoms with Crippen molar-refractivity contribution in [2.24, 2.45) is 5.10 Å². The summed E-state index contributed by atoms with van der Waals surface area (Å²) in [5, 5.41) is 8.19. The van der Waals surface area contributed by atoms with Crippen LogP contribution in [0.15, 0.2) is 65.8 Å². The molecule has 2 aromatic carbocycles. The molecule has 0 unspecified atom stereocenters. The zero-order chi connectivity index (χ0) is 22.8. The standard InChI is InChI=1S/C24H25N3O5/c28-21(19-9-5-2-6-10-19)11-12-22(29)25-15-13-24(31)32-17-23(30)27-16-14-20(26-27)18-7-3-1-4-8-18/h1-10H,11-17H2,(H,25,29). The third-order valence-electron chi connectivity index (χ3n) is 4.88. The zero-order valence-electron chi connectivity index (χ0n) is 17.7. The maximum atomic E-state index is 12.2. The number of benzene rings is 2.